The van der Waals surface area contributed by atoms with Crippen molar-refractivity contribution in [1.82, 2.24) is 9.80 Å². The predicted molar refractivity (Wildman–Crippen MR) is 101 cm³/mol. The van der Waals surface area contributed by atoms with E-state index >= 15 is 0 Å². The molecule has 2 aliphatic heterocycles. The smallest absolute Gasteiger partial charge is 0.327 e. The lowest BCUT2D eigenvalue weighted by Crippen LogP contribution is -2.52. The number of aldehydes is 1. The predicted octanol–water partition coefficient (Wildman–Crippen LogP) is 2.72. The molecule has 2 heterocycles. The molecular formula is C21H32N2O5. The van der Waals surface area contributed by atoms with Crippen molar-refractivity contribution in [2.75, 3.05) is 20.4 Å². The quantitative estimate of drug-likeness (QED) is 0.531. The number of imide groups is 1. The minimum Gasteiger partial charge on any atom is -0.349 e. The lowest BCUT2D eigenvalue weighted by atomic mass is 9.70. The molecule has 4 fully saturated rings. The van der Waals surface area contributed by atoms with Crippen LogP contribution in [0.2, 0.25) is 0 Å². The van der Waals surface area contributed by atoms with E-state index in [0.29, 0.717) is 25.8 Å². The molecule has 4 atom stereocenters. The Morgan fingerprint density at radius 3 is 2.54 bits per heavy atom. The number of carbonyl (C=O) groups is 3. The number of hydrogen-bond acceptors (Lipinski definition) is 5. The van der Waals surface area contributed by atoms with E-state index in [0.717, 1.165) is 38.4 Å². The van der Waals surface area contributed by atoms with Crippen molar-refractivity contribution in [3.63, 3.8) is 0 Å². The first-order valence-corrected chi connectivity index (χ1v) is 10.7. The highest BCUT2D eigenvalue weighted by molar-refractivity contribution is 6.06. The molecule has 0 N–H and O–H groups in total. The average Bonchev–Trinajstić information content (AvgIpc) is 3.25. The van der Waals surface area contributed by atoms with Gasteiger partial charge >= 0.3 is 6.03 Å². The van der Waals surface area contributed by atoms with Crippen LogP contribution in [0, 0.1) is 11.3 Å². The highest BCUT2D eigenvalue weighted by atomic mass is 16.7. The van der Waals surface area contributed by atoms with Crippen LogP contribution in [0.1, 0.15) is 64.7 Å². The van der Waals surface area contributed by atoms with Gasteiger partial charge in [-0.2, -0.15) is 0 Å². The van der Waals surface area contributed by atoms with Crippen LogP contribution in [0.4, 0.5) is 4.79 Å². The topological polar surface area (TPSA) is 76.2 Å². The fourth-order valence-electron chi connectivity index (χ4n) is 5.74. The van der Waals surface area contributed by atoms with E-state index < -0.39 is 11.0 Å². The highest BCUT2D eigenvalue weighted by Gasteiger charge is 2.56. The van der Waals surface area contributed by atoms with Gasteiger partial charge in [0.15, 0.2) is 0 Å². The van der Waals surface area contributed by atoms with E-state index in [1.54, 1.807) is 11.9 Å². The fourth-order valence-corrected chi connectivity index (χ4v) is 5.74. The second kappa shape index (κ2) is 7.41. The monoisotopic (exact) mass is 392 g/mol. The summed E-state index contributed by atoms with van der Waals surface area (Å²) in [7, 11) is 1.75. The van der Waals surface area contributed by atoms with Gasteiger partial charge in [0.25, 0.3) is 5.91 Å². The zero-order valence-corrected chi connectivity index (χ0v) is 17.0. The van der Waals surface area contributed by atoms with Crippen molar-refractivity contribution < 1.29 is 23.9 Å². The van der Waals surface area contributed by atoms with Gasteiger partial charge in [0, 0.05) is 19.0 Å². The van der Waals surface area contributed by atoms with Gasteiger partial charge in [0.1, 0.15) is 18.6 Å². The SMILES string of the molecule is CN1C(=O)N(CCC2(C=O)CCC3OCOC3C2)C(=O)C1(C)C1CCCCC1. The van der Waals surface area contributed by atoms with Gasteiger partial charge in [-0.25, -0.2) is 4.79 Å². The van der Waals surface area contributed by atoms with Crippen molar-refractivity contribution in [3.8, 4) is 0 Å². The van der Waals surface area contributed by atoms with Crippen LogP contribution >= 0.6 is 0 Å². The molecular weight excluding hydrogens is 360 g/mol. The maximum absolute atomic E-state index is 13.3. The summed E-state index contributed by atoms with van der Waals surface area (Å²) in [6.07, 6.45) is 9.06. The van der Waals surface area contributed by atoms with Crippen molar-refractivity contribution in [1.29, 1.82) is 0 Å². The zero-order chi connectivity index (χ0) is 19.9. The van der Waals surface area contributed by atoms with Crippen molar-refractivity contribution in [3.05, 3.63) is 0 Å². The van der Waals surface area contributed by atoms with Crippen LogP contribution in [-0.4, -0.2) is 66.2 Å². The van der Waals surface area contributed by atoms with Crippen LogP contribution in [0.5, 0.6) is 0 Å². The summed E-state index contributed by atoms with van der Waals surface area (Å²) in [5.41, 5.74) is -1.30. The van der Waals surface area contributed by atoms with Gasteiger partial charge in [0.05, 0.1) is 12.2 Å². The van der Waals surface area contributed by atoms with Gasteiger partial charge in [-0.15, -0.1) is 0 Å². The molecule has 28 heavy (non-hydrogen) atoms. The number of amides is 3. The van der Waals surface area contributed by atoms with Crippen LogP contribution in [-0.2, 0) is 19.1 Å². The van der Waals surface area contributed by atoms with E-state index in [1.165, 1.54) is 11.3 Å². The number of urea groups is 1. The molecule has 0 aromatic rings. The second-order valence-electron chi connectivity index (χ2n) is 9.28. The van der Waals surface area contributed by atoms with Crippen LogP contribution < -0.4 is 0 Å². The van der Waals surface area contributed by atoms with E-state index in [2.05, 4.69) is 0 Å². The van der Waals surface area contributed by atoms with Gasteiger partial charge < -0.3 is 19.2 Å². The molecule has 4 unspecified atom stereocenters. The van der Waals surface area contributed by atoms with E-state index in [1.807, 2.05) is 6.92 Å². The Kier molecular flexibility index (Phi) is 5.25. The molecule has 3 amide bonds. The molecule has 0 radical (unpaired) electrons. The minimum absolute atomic E-state index is 0.0564. The van der Waals surface area contributed by atoms with Gasteiger partial charge in [-0.3, -0.25) is 9.69 Å². The minimum atomic E-state index is -0.758. The average molecular weight is 392 g/mol. The summed E-state index contributed by atoms with van der Waals surface area (Å²) in [6.45, 7) is 2.51. The molecule has 2 saturated heterocycles. The van der Waals surface area contributed by atoms with E-state index in [-0.39, 0.29) is 36.9 Å². The lowest BCUT2D eigenvalue weighted by molar-refractivity contribution is -0.136. The summed E-state index contributed by atoms with van der Waals surface area (Å²) >= 11 is 0. The standard InChI is InChI=1S/C21H32N2O5/c1-20(15-6-4-3-5-7-15)18(25)23(19(26)22(20)2)11-10-21(13-24)9-8-16-17(12-21)28-14-27-16/h13,15-17H,3-12,14H2,1-2H3. The molecule has 7 heteroatoms. The molecule has 2 saturated carbocycles. The van der Waals surface area contributed by atoms with Gasteiger partial charge in [-0.1, -0.05) is 19.3 Å². The number of fused-ring (bicyclic) bond motifs is 1. The summed E-state index contributed by atoms with van der Waals surface area (Å²) in [6, 6.07) is -0.228. The lowest BCUT2D eigenvalue weighted by Gasteiger charge is -2.39. The third kappa shape index (κ3) is 3.07. The summed E-state index contributed by atoms with van der Waals surface area (Å²) in [4.78, 5) is 41.3. The fraction of sp³-hybridized carbons (Fsp3) is 0.857. The molecule has 4 aliphatic rings. The Hall–Kier alpha value is -1.47. The Morgan fingerprint density at radius 2 is 1.82 bits per heavy atom. The largest absolute Gasteiger partial charge is 0.349 e. The normalized spacial score (nSPS) is 39.5. The number of carbonyl (C=O) groups excluding carboxylic acids is 3. The Bertz CT molecular complexity index is 649. The second-order valence-corrected chi connectivity index (χ2v) is 9.28. The third-order valence-corrected chi connectivity index (χ3v) is 7.89. The Morgan fingerprint density at radius 1 is 1.11 bits per heavy atom. The summed E-state index contributed by atoms with van der Waals surface area (Å²) < 4.78 is 11.2. The first-order chi connectivity index (χ1) is 13.4. The Balaban J connectivity index is 1.46. The van der Waals surface area contributed by atoms with Crippen molar-refractivity contribution in [2.24, 2.45) is 11.3 Å². The number of rotatable bonds is 5. The van der Waals surface area contributed by atoms with Gasteiger partial charge in [0.2, 0.25) is 0 Å². The molecule has 2 aliphatic carbocycles. The summed E-state index contributed by atoms with van der Waals surface area (Å²) in [5.74, 6) is 0.120. The van der Waals surface area contributed by atoms with Crippen LogP contribution in [0.15, 0.2) is 0 Å². The molecule has 156 valence electrons. The van der Waals surface area contributed by atoms with Crippen LogP contribution in [0.25, 0.3) is 0 Å². The number of nitrogens with zero attached hydrogens (tertiary/aromatic N) is 2. The highest BCUT2D eigenvalue weighted by Crippen LogP contribution is 2.44. The maximum atomic E-state index is 13.3. The molecule has 0 aromatic carbocycles. The first kappa shape index (κ1) is 19.8. The number of likely N-dealkylation sites (N-methyl/N-ethyl adjacent to an activating group) is 1. The number of hydrogen-bond donors (Lipinski definition) is 0. The van der Waals surface area contributed by atoms with E-state index in [4.69, 9.17) is 9.47 Å². The molecule has 0 aromatic heterocycles. The molecule has 0 spiro atoms. The van der Waals surface area contributed by atoms with Crippen molar-refractivity contribution >= 4 is 18.2 Å². The van der Waals surface area contributed by atoms with Crippen molar-refractivity contribution in [2.45, 2.75) is 82.5 Å². The molecule has 7 nitrogen and oxygen atoms in total. The third-order valence-electron chi connectivity index (χ3n) is 7.89. The molecule has 0 bridgehead atoms. The molecule has 4 rings (SSSR count). The number of ether oxygens (including phenoxy) is 2. The Labute approximate surface area is 166 Å². The summed E-state index contributed by atoms with van der Waals surface area (Å²) in [5, 5.41) is 0. The van der Waals surface area contributed by atoms with Gasteiger partial charge in [-0.05, 0) is 51.4 Å². The first-order valence-electron chi connectivity index (χ1n) is 10.7. The maximum Gasteiger partial charge on any atom is 0.327 e. The van der Waals surface area contributed by atoms with Crippen LogP contribution in [0.3, 0.4) is 0 Å². The van der Waals surface area contributed by atoms with E-state index in [9.17, 15) is 14.4 Å². The zero-order valence-electron chi connectivity index (χ0n) is 17.0.